The Morgan fingerprint density at radius 2 is 2.05 bits per heavy atom. The topological polar surface area (TPSA) is 81.3 Å². The van der Waals surface area contributed by atoms with Crippen LogP contribution >= 0.6 is 0 Å². The van der Waals surface area contributed by atoms with Gasteiger partial charge in [0.1, 0.15) is 0 Å². The van der Waals surface area contributed by atoms with Gasteiger partial charge in [-0.1, -0.05) is 6.07 Å². The average molecular weight is 272 g/mol. The maximum Gasteiger partial charge on any atom is 0.269 e. The van der Waals surface area contributed by atoms with Crippen molar-refractivity contribution in [1.82, 2.24) is 15.1 Å². The van der Waals surface area contributed by atoms with Crippen molar-refractivity contribution in [1.29, 1.82) is 0 Å². The molecule has 0 unspecified atom stereocenters. The second-order valence-corrected chi connectivity index (χ2v) is 4.88. The van der Waals surface area contributed by atoms with E-state index in [1.807, 2.05) is 18.2 Å². The predicted octanol–water partition coefficient (Wildman–Crippen LogP) is 0.561. The predicted molar refractivity (Wildman–Crippen MR) is 74.2 cm³/mol. The first-order valence-electron chi connectivity index (χ1n) is 6.58. The van der Waals surface area contributed by atoms with Crippen molar-refractivity contribution < 1.29 is 9.53 Å². The fraction of sp³-hybridized carbons (Fsp3) is 0.357. The molecule has 1 aliphatic heterocycles. The molecule has 1 aromatic carbocycles. The van der Waals surface area contributed by atoms with Crippen LogP contribution in [0.2, 0.25) is 0 Å². The summed E-state index contributed by atoms with van der Waals surface area (Å²) in [6.45, 7) is 4.32. The highest BCUT2D eigenvalue weighted by Gasteiger charge is 2.11. The van der Waals surface area contributed by atoms with Crippen molar-refractivity contribution >= 4 is 16.8 Å². The van der Waals surface area contributed by atoms with Gasteiger partial charge in [0.15, 0.2) is 5.69 Å². The smallest absolute Gasteiger partial charge is 0.269 e. The minimum absolute atomic E-state index is 0.195. The van der Waals surface area contributed by atoms with Crippen LogP contribution in [0.3, 0.4) is 0 Å². The molecule has 1 amide bonds. The minimum atomic E-state index is -0.557. The molecule has 0 atom stereocenters. The molecule has 0 saturated carbocycles. The quantitative estimate of drug-likeness (QED) is 0.883. The van der Waals surface area contributed by atoms with Gasteiger partial charge in [-0.05, 0) is 23.8 Å². The largest absolute Gasteiger partial charge is 0.379 e. The summed E-state index contributed by atoms with van der Waals surface area (Å²) >= 11 is 0. The molecule has 0 aliphatic carbocycles. The maximum absolute atomic E-state index is 11.1. The lowest BCUT2D eigenvalue weighted by Crippen LogP contribution is -2.35. The first kappa shape index (κ1) is 13.0. The molecular weight excluding hydrogens is 256 g/mol. The van der Waals surface area contributed by atoms with Crippen molar-refractivity contribution in [3.05, 3.63) is 35.5 Å². The number of benzene rings is 1. The van der Waals surface area contributed by atoms with Crippen molar-refractivity contribution in [3.8, 4) is 0 Å². The second kappa shape index (κ2) is 5.52. The number of hydrogen-bond donors (Lipinski definition) is 1. The summed E-state index contributed by atoms with van der Waals surface area (Å²) in [7, 11) is 0. The molecule has 104 valence electrons. The van der Waals surface area contributed by atoms with Crippen LogP contribution in [0.15, 0.2) is 24.3 Å². The molecule has 2 N–H and O–H groups in total. The minimum Gasteiger partial charge on any atom is -0.379 e. The van der Waals surface area contributed by atoms with Gasteiger partial charge in [0.2, 0.25) is 0 Å². The highest BCUT2D eigenvalue weighted by atomic mass is 16.5. The molecule has 0 spiro atoms. The first-order chi connectivity index (χ1) is 9.72. The summed E-state index contributed by atoms with van der Waals surface area (Å²) in [5.74, 6) is -0.557. The number of fused-ring (bicyclic) bond motifs is 1. The molecule has 20 heavy (non-hydrogen) atoms. The molecule has 2 heterocycles. The number of rotatable bonds is 3. The summed E-state index contributed by atoms with van der Waals surface area (Å²) in [6, 6.07) is 7.68. The second-order valence-electron chi connectivity index (χ2n) is 4.88. The molecular formula is C14H16N4O2. The van der Waals surface area contributed by atoms with Crippen molar-refractivity contribution in [2.45, 2.75) is 6.54 Å². The molecule has 6 nitrogen and oxygen atoms in total. The zero-order valence-corrected chi connectivity index (χ0v) is 11.1. The highest BCUT2D eigenvalue weighted by Crippen LogP contribution is 2.16. The van der Waals surface area contributed by atoms with Crippen LogP contribution in [-0.2, 0) is 11.3 Å². The van der Waals surface area contributed by atoms with Crippen molar-refractivity contribution in [2.75, 3.05) is 26.3 Å². The number of primary amides is 1. The molecule has 1 aliphatic rings. The number of nitrogens with two attached hydrogens (primary N) is 1. The Hall–Kier alpha value is -2.05. The van der Waals surface area contributed by atoms with Crippen LogP contribution < -0.4 is 5.73 Å². The lowest BCUT2D eigenvalue weighted by atomic mass is 10.1. The highest BCUT2D eigenvalue weighted by molar-refractivity contribution is 5.94. The molecule has 0 bridgehead atoms. The van der Waals surface area contributed by atoms with Crippen LogP contribution in [0.4, 0.5) is 0 Å². The summed E-state index contributed by atoms with van der Waals surface area (Å²) in [6.07, 6.45) is 0. The van der Waals surface area contributed by atoms with E-state index in [1.165, 1.54) is 5.56 Å². The van der Waals surface area contributed by atoms with E-state index in [4.69, 9.17) is 10.5 Å². The number of morpholine rings is 1. The van der Waals surface area contributed by atoms with Crippen molar-refractivity contribution in [2.24, 2.45) is 5.73 Å². The normalized spacial score (nSPS) is 16.4. The van der Waals surface area contributed by atoms with Gasteiger partial charge in [-0.3, -0.25) is 9.69 Å². The number of carbonyl (C=O) groups is 1. The Kier molecular flexibility index (Phi) is 3.58. The fourth-order valence-corrected chi connectivity index (χ4v) is 2.33. The van der Waals surface area contributed by atoms with Gasteiger partial charge in [-0.25, -0.2) is 0 Å². The van der Waals surface area contributed by atoms with E-state index in [1.54, 1.807) is 6.07 Å². The molecule has 3 rings (SSSR count). The third-order valence-corrected chi connectivity index (χ3v) is 3.41. The zero-order valence-electron chi connectivity index (χ0n) is 11.1. The van der Waals surface area contributed by atoms with Gasteiger partial charge in [0.05, 0.1) is 18.7 Å². The SMILES string of the molecule is NC(=O)c1cc2cc(CN3CCOCC3)ccc2nn1. The number of amides is 1. The van der Waals surface area contributed by atoms with E-state index >= 15 is 0 Å². The number of aromatic nitrogens is 2. The maximum atomic E-state index is 11.1. The van der Waals surface area contributed by atoms with Crippen LogP contribution in [-0.4, -0.2) is 47.3 Å². The molecule has 1 aromatic heterocycles. The van der Waals surface area contributed by atoms with Crippen LogP contribution in [0.1, 0.15) is 16.1 Å². The lowest BCUT2D eigenvalue weighted by Gasteiger charge is -2.26. The summed E-state index contributed by atoms with van der Waals surface area (Å²) in [5.41, 5.74) is 7.37. The van der Waals surface area contributed by atoms with Gasteiger partial charge >= 0.3 is 0 Å². The van der Waals surface area contributed by atoms with Gasteiger partial charge < -0.3 is 10.5 Å². The van der Waals surface area contributed by atoms with E-state index in [9.17, 15) is 4.79 Å². The van der Waals surface area contributed by atoms with E-state index in [2.05, 4.69) is 15.1 Å². The number of hydrogen-bond acceptors (Lipinski definition) is 5. The molecule has 1 fully saturated rings. The number of nitrogens with zero attached hydrogens (tertiary/aromatic N) is 3. The lowest BCUT2D eigenvalue weighted by molar-refractivity contribution is 0.0342. The van der Waals surface area contributed by atoms with Crippen LogP contribution in [0.5, 0.6) is 0 Å². The number of carbonyl (C=O) groups excluding carboxylic acids is 1. The third kappa shape index (κ3) is 2.76. The van der Waals surface area contributed by atoms with Crippen molar-refractivity contribution in [3.63, 3.8) is 0 Å². The molecule has 0 radical (unpaired) electrons. The van der Waals surface area contributed by atoms with Gasteiger partial charge in [0.25, 0.3) is 5.91 Å². The van der Waals surface area contributed by atoms with E-state index in [-0.39, 0.29) is 5.69 Å². The molecule has 6 heteroatoms. The Balaban J connectivity index is 1.86. The Morgan fingerprint density at radius 3 is 2.80 bits per heavy atom. The van der Waals surface area contributed by atoms with E-state index in [0.717, 1.165) is 43.8 Å². The summed E-state index contributed by atoms with van der Waals surface area (Å²) in [5, 5.41) is 8.69. The summed E-state index contributed by atoms with van der Waals surface area (Å²) in [4.78, 5) is 13.5. The van der Waals surface area contributed by atoms with Gasteiger partial charge in [-0.2, -0.15) is 0 Å². The third-order valence-electron chi connectivity index (χ3n) is 3.41. The standard InChI is InChI=1S/C14H16N4O2/c15-14(19)13-8-11-7-10(1-2-12(11)16-17-13)9-18-3-5-20-6-4-18/h1-2,7-8H,3-6,9H2,(H2,15,19). The molecule has 2 aromatic rings. The fourth-order valence-electron chi connectivity index (χ4n) is 2.33. The number of ether oxygens (including phenoxy) is 1. The van der Waals surface area contributed by atoms with Crippen LogP contribution in [0.25, 0.3) is 10.9 Å². The Morgan fingerprint density at radius 1 is 1.25 bits per heavy atom. The average Bonchev–Trinajstić information content (AvgIpc) is 2.47. The van der Waals surface area contributed by atoms with Crippen LogP contribution in [0, 0.1) is 0 Å². The Labute approximate surface area is 116 Å². The van der Waals surface area contributed by atoms with Gasteiger partial charge in [-0.15, -0.1) is 10.2 Å². The zero-order chi connectivity index (χ0) is 13.9. The van der Waals surface area contributed by atoms with Gasteiger partial charge in [0, 0.05) is 25.0 Å². The van der Waals surface area contributed by atoms with E-state index in [0.29, 0.717) is 0 Å². The monoisotopic (exact) mass is 272 g/mol. The first-order valence-corrected chi connectivity index (χ1v) is 6.58. The molecule has 1 saturated heterocycles. The summed E-state index contributed by atoms with van der Waals surface area (Å²) < 4.78 is 5.34. The Bertz CT molecular complexity index is 638. The van der Waals surface area contributed by atoms with E-state index < -0.39 is 5.91 Å².